The maximum Gasteiger partial charge on any atom is 0.401 e. The maximum atomic E-state index is 12.2. The van der Waals surface area contributed by atoms with Gasteiger partial charge in [-0.25, -0.2) is 9.97 Å². The quantitative estimate of drug-likeness (QED) is 0.929. The van der Waals surface area contributed by atoms with Gasteiger partial charge in [-0.1, -0.05) is 13.8 Å². The fourth-order valence-electron chi connectivity index (χ4n) is 2.09. The molecule has 1 saturated heterocycles. The predicted molar refractivity (Wildman–Crippen MR) is 72.6 cm³/mol. The summed E-state index contributed by atoms with van der Waals surface area (Å²) in [5.41, 5.74) is 0.831. The van der Waals surface area contributed by atoms with Gasteiger partial charge in [-0.05, 0) is 13.3 Å². The van der Waals surface area contributed by atoms with Gasteiger partial charge in [-0.15, -0.1) is 0 Å². The van der Waals surface area contributed by atoms with E-state index in [1.807, 2.05) is 20.8 Å². The summed E-state index contributed by atoms with van der Waals surface area (Å²) in [6, 6.07) is 1.80. The zero-order valence-electron chi connectivity index (χ0n) is 12.0. The molecule has 2 rings (SSSR count). The highest BCUT2D eigenvalue weighted by atomic mass is 19.4. The molecule has 7 heteroatoms. The van der Waals surface area contributed by atoms with Crippen molar-refractivity contribution < 1.29 is 13.2 Å². The van der Waals surface area contributed by atoms with Gasteiger partial charge in [0.25, 0.3) is 0 Å². The van der Waals surface area contributed by atoms with Crippen LogP contribution in [-0.4, -0.2) is 46.7 Å². The lowest BCUT2D eigenvalue weighted by Crippen LogP contribution is -2.34. The lowest BCUT2D eigenvalue weighted by molar-refractivity contribution is -0.143. The van der Waals surface area contributed by atoms with Gasteiger partial charge < -0.3 is 5.32 Å². The van der Waals surface area contributed by atoms with Gasteiger partial charge in [-0.2, -0.15) is 13.2 Å². The first-order valence-electron chi connectivity index (χ1n) is 6.77. The normalized spacial score (nSPS) is 19.4. The van der Waals surface area contributed by atoms with E-state index in [4.69, 9.17) is 0 Å². The molecule has 4 nitrogen and oxygen atoms in total. The molecule has 0 aliphatic carbocycles. The van der Waals surface area contributed by atoms with Crippen LogP contribution in [-0.2, 0) is 0 Å². The maximum absolute atomic E-state index is 12.2. The van der Waals surface area contributed by atoms with Crippen LogP contribution in [0.5, 0.6) is 0 Å². The Morgan fingerprint density at radius 3 is 2.65 bits per heavy atom. The minimum absolute atomic E-state index is 0.0154. The van der Waals surface area contributed by atoms with Crippen LogP contribution in [0, 0.1) is 6.92 Å². The molecular weight excluding hydrogens is 269 g/mol. The third kappa shape index (κ3) is 5.73. The average molecular weight is 290 g/mol. The lowest BCUT2D eigenvalue weighted by atomic mass is 10.2. The van der Waals surface area contributed by atoms with Crippen LogP contribution in [0.15, 0.2) is 12.4 Å². The molecule has 0 aromatic carbocycles. The van der Waals surface area contributed by atoms with Crippen LogP contribution in [0.4, 0.5) is 19.0 Å². The summed E-state index contributed by atoms with van der Waals surface area (Å²) >= 11 is 0. The van der Waals surface area contributed by atoms with Gasteiger partial charge in [0.1, 0.15) is 12.1 Å². The van der Waals surface area contributed by atoms with Crippen LogP contribution in [0.25, 0.3) is 0 Å². The van der Waals surface area contributed by atoms with E-state index in [0.29, 0.717) is 25.3 Å². The molecule has 1 N–H and O–H groups in total. The highest BCUT2D eigenvalue weighted by Crippen LogP contribution is 2.21. The van der Waals surface area contributed by atoms with Crippen molar-refractivity contribution in [3.05, 3.63) is 18.1 Å². The van der Waals surface area contributed by atoms with Crippen molar-refractivity contribution in [3.63, 3.8) is 0 Å². The van der Waals surface area contributed by atoms with Gasteiger partial charge in [0, 0.05) is 30.9 Å². The summed E-state index contributed by atoms with van der Waals surface area (Å²) in [7, 11) is 0. The highest BCUT2D eigenvalue weighted by molar-refractivity contribution is 5.36. The number of likely N-dealkylation sites (tertiary alicyclic amines) is 1. The highest BCUT2D eigenvalue weighted by Gasteiger charge is 2.34. The van der Waals surface area contributed by atoms with Crippen molar-refractivity contribution in [1.29, 1.82) is 0 Å². The molecule has 1 aromatic rings. The predicted octanol–water partition coefficient (Wildman–Crippen LogP) is 2.86. The third-order valence-corrected chi connectivity index (χ3v) is 2.83. The second-order valence-corrected chi connectivity index (χ2v) is 4.52. The Hall–Kier alpha value is -1.37. The van der Waals surface area contributed by atoms with Crippen molar-refractivity contribution in [2.24, 2.45) is 0 Å². The van der Waals surface area contributed by atoms with Crippen molar-refractivity contribution in [3.8, 4) is 0 Å². The molecule has 1 fully saturated rings. The summed E-state index contributed by atoms with van der Waals surface area (Å²) in [6.45, 7) is 5.86. The van der Waals surface area contributed by atoms with Gasteiger partial charge in [0.05, 0.1) is 6.54 Å². The summed E-state index contributed by atoms with van der Waals surface area (Å²) in [5.74, 6) is 0.668. The molecule has 0 spiro atoms. The molecular formula is C13H21F3N4. The molecule has 114 valence electrons. The van der Waals surface area contributed by atoms with E-state index in [1.54, 1.807) is 6.07 Å². The standard InChI is InChI=1S/C11H15F3N4.C2H6/c1-8-4-10(16-7-15-8)17-9-2-3-18(5-9)6-11(12,13)14;1-2/h4,7,9H,2-3,5-6H2,1H3,(H,15,16,17);1-2H3. The van der Waals surface area contributed by atoms with E-state index in [-0.39, 0.29) is 6.04 Å². The van der Waals surface area contributed by atoms with Gasteiger partial charge >= 0.3 is 6.18 Å². The van der Waals surface area contributed by atoms with E-state index < -0.39 is 12.7 Å². The van der Waals surface area contributed by atoms with Gasteiger partial charge in [-0.3, -0.25) is 4.90 Å². The summed E-state index contributed by atoms with van der Waals surface area (Å²) in [5, 5.41) is 3.14. The fraction of sp³-hybridized carbons (Fsp3) is 0.692. The van der Waals surface area contributed by atoms with Crippen molar-refractivity contribution in [2.45, 2.75) is 39.4 Å². The Balaban J connectivity index is 0.000000956. The Kier molecular flexibility index (Phi) is 6.19. The number of hydrogen-bond acceptors (Lipinski definition) is 4. The van der Waals surface area contributed by atoms with E-state index in [2.05, 4.69) is 15.3 Å². The fourth-order valence-corrected chi connectivity index (χ4v) is 2.09. The minimum Gasteiger partial charge on any atom is -0.366 e. The largest absolute Gasteiger partial charge is 0.401 e. The first-order chi connectivity index (χ1) is 9.42. The third-order valence-electron chi connectivity index (χ3n) is 2.83. The van der Waals surface area contributed by atoms with E-state index in [0.717, 1.165) is 5.69 Å². The van der Waals surface area contributed by atoms with Crippen molar-refractivity contribution >= 4 is 5.82 Å². The van der Waals surface area contributed by atoms with Crippen molar-refractivity contribution in [2.75, 3.05) is 25.0 Å². The molecule has 0 bridgehead atoms. The molecule has 1 atom stereocenters. The second kappa shape index (κ2) is 7.42. The molecule has 0 saturated carbocycles. The number of anilines is 1. The van der Waals surface area contributed by atoms with Crippen molar-refractivity contribution in [1.82, 2.24) is 14.9 Å². The molecule has 0 radical (unpaired) electrons. The zero-order chi connectivity index (χ0) is 15.2. The Bertz CT molecular complexity index is 409. The molecule has 1 aliphatic rings. The molecule has 0 amide bonds. The number of aromatic nitrogens is 2. The molecule has 1 aromatic heterocycles. The van der Waals surface area contributed by atoms with Crippen LogP contribution in [0.2, 0.25) is 0 Å². The number of alkyl halides is 3. The van der Waals surface area contributed by atoms with Gasteiger partial charge in [0.15, 0.2) is 0 Å². The SMILES string of the molecule is CC.Cc1cc(NC2CCN(CC(F)(F)F)C2)ncn1. The first kappa shape index (κ1) is 16.7. The monoisotopic (exact) mass is 290 g/mol. The molecule has 2 heterocycles. The Morgan fingerprint density at radius 1 is 1.35 bits per heavy atom. The zero-order valence-corrected chi connectivity index (χ0v) is 12.0. The number of aryl methyl sites for hydroxylation is 1. The lowest BCUT2D eigenvalue weighted by Gasteiger charge is -2.18. The Morgan fingerprint density at radius 2 is 2.05 bits per heavy atom. The summed E-state index contributed by atoms with van der Waals surface area (Å²) in [6.07, 6.45) is -1.99. The number of rotatable bonds is 3. The van der Waals surface area contributed by atoms with Crippen LogP contribution in [0.1, 0.15) is 26.0 Å². The summed E-state index contributed by atoms with van der Waals surface area (Å²) < 4.78 is 36.7. The minimum atomic E-state index is -4.12. The topological polar surface area (TPSA) is 41.0 Å². The Labute approximate surface area is 117 Å². The average Bonchev–Trinajstić information content (AvgIpc) is 2.76. The van der Waals surface area contributed by atoms with Crippen LogP contribution in [0.3, 0.4) is 0 Å². The molecule has 20 heavy (non-hydrogen) atoms. The van der Waals surface area contributed by atoms with Crippen LogP contribution < -0.4 is 5.32 Å². The van der Waals surface area contributed by atoms with Crippen LogP contribution >= 0.6 is 0 Å². The van der Waals surface area contributed by atoms with E-state index in [1.165, 1.54) is 11.2 Å². The number of hydrogen-bond donors (Lipinski definition) is 1. The molecule has 1 aliphatic heterocycles. The first-order valence-corrected chi connectivity index (χ1v) is 6.77. The smallest absolute Gasteiger partial charge is 0.366 e. The molecule has 1 unspecified atom stereocenters. The summed E-state index contributed by atoms with van der Waals surface area (Å²) in [4.78, 5) is 9.42. The van der Waals surface area contributed by atoms with E-state index in [9.17, 15) is 13.2 Å². The number of nitrogens with zero attached hydrogens (tertiary/aromatic N) is 3. The second-order valence-electron chi connectivity index (χ2n) is 4.52. The van der Waals surface area contributed by atoms with E-state index >= 15 is 0 Å². The number of halogens is 3. The van der Waals surface area contributed by atoms with Gasteiger partial charge in [0.2, 0.25) is 0 Å². The number of nitrogens with one attached hydrogen (secondary N) is 1.